The van der Waals surface area contributed by atoms with Crippen molar-refractivity contribution in [1.82, 2.24) is 10.2 Å². The van der Waals surface area contributed by atoms with Crippen LogP contribution in [0.15, 0.2) is 54.2 Å². The van der Waals surface area contributed by atoms with E-state index in [1.165, 1.54) is 7.11 Å². The van der Waals surface area contributed by atoms with E-state index in [0.717, 1.165) is 16.0 Å². The molecule has 0 aliphatic carbocycles. The summed E-state index contributed by atoms with van der Waals surface area (Å²) in [6, 6.07) is 13.8. The standard InChI is InChI=1S/C20H19N3O4/c1-13-7-3-4-8-14(13)11-16-19(25)23(20(26)22-16)12-18(24)21-15-9-5-6-10-17(15)27-2/h3-11H,12H2,1-2H3,(H,21,24)(H,22,26)/b16-11-. The van der Waals surface area contributed by atoms with E-state index < -0.39 is 24.4 Å². The smallest absolute Gasteiger partial charge is 0.329 e. The van der Waals surface area contributed by atoms with Crippen LogP contribution in [-0.4, -0.2) is 36.4 Å². The lowest BCUT2D eigenvalue weighted by Gasteiger charge is -2.13. The molecule has 7 heteroatoms. The summed E-state index contributed by atoms with van der Waals surface area (Å²) >= 11 is 0. The Morgan fingerprint density at radius 1 is 1.15 bits per heavy atom. The Morgan fingerprint density at radius 2 is 1.85 bits per heavy atom. The Kier molecular flexibility index (Phi) is 5.21. The Balaban J connectivity index is 1.72. The van der Waals surface area contributed by atoms with Crippen LogP contribution < -0.4 is 15.4 Å². The first-order valence-corrected chi connectivity index (χ1v) is 8.32. The molecule has 2 aromatic carbocycles. The van der Waals surface area contributed by atoms with Crippen molar-refractivity contribution in [2.24, 2.45) is 0 Å². The third-order valence-electron chi connectivity index (χ3n) is 4.13. The van der Waals surface area contributed by atoms with Crippen molar-refractivity contribution < 1.29 is 19.1 Å². The quantitative estimate of drug-likeness (QED) is 0.630. The summed E-state index contributed by atoms with van der Waals surface area (Å²) in [5.74, 6) is -0.554. The number of aryl methyl sites for hydroxylation is 1. The molecule has 4 amide bonds. The van der Waals surface area contributed by atoms with Crippen molar-refractivity contribution in [3.05, 3.63) is 65.4 Å². The number of urea groups is 1. The van der Waals surface area contributed by atoms with Gasteiger partial charge in [0.05, 0.1) is 12.8 Å². The molecule has 1 aliphatic rings. The number of rotatable bonds is 5. The molecule has 27 heavy (non-hydrogen) atoms. The zero-order chi connectivity index (χ0) is 19.4. The first-order chi connectivity index (χ1) is 13.0. The molecule has 1 saturated heterocycles. The lowest BCUT2D eigenvalue weighted by Crippen LogP contribution is -2.38. The zero-order valence-corrected chi connectivity index (χ0v) is 15.0. The molecule has 3 rings (SSSR count). The summed E-state index contributed by atoms with van der Waals surface area (Å²) < 4.78 is 5.17. The molecule has 0 unspecified atom stereocenters. The summed E-state index contributed by atoms with van der Waals surface area (Å²) in [6.07, 6.45) is 1.60. The van der Waals surface area contributed by atoms with Crippen LogP contribution in [0.2, 0.25) is 0 Å². The normalized spacial score (nSPS) is 15.0. The fraction of sp³-hybridized carbons (Fsp3) is 0.150. The average molecular weight is 365 g/mol. The molecule has 7 nitrogen and oxygen atoms in total. The van der Waals surface area contributed by atoms with Gasteiger partial charge in [-0.2, -0.15) is 0 Å². The van der Waals surface area contributed by atoms with Gasteiger partial charge < -0.3 is 15.4 Å². The molecule has 138 valence electrons. The fourth-order valence-corrected chi connectivity index (χ4v) is 2.70. The molecular weight excluding hydrogens is 346 g/mol. The van der Waals surface area contributed by atoms with Crippen molar-refractivity contribution >= 4 is 29.6 Å². The maximum Gasteiger partial charge on any atom is 0.329 e. The van der Waals surface area contributed by atoms with Gasteiger partial charge in [0, 0.05) is 0 Å². The van der Waals surface area contributed by atoms with Gasteiger partial charge in [-0.05, 0) is 36.3 Å². The van der Waals surface area contributed by atoms with Crippen LogP contribution in [0.4, 0.5) is 10.5 Å². The maximum absolute atomic E-state index is 12.5. The van der Waals surface area contributed by atoms with Crippen molar-refractivity contribution in [3.8, 4) is 5.75 Å². The van der Waals surface area contributed by atoms with Gasteiger partial charge in [-0.25, -0.2) is 9.69 Å². The van der Waals surface area contributed by atoms with Crippen LogP contribution in [-0.2, 0) is 9.59 Å². The summed E-state index contributed by atoms with van der Waals surface area (Å²) in [4.78, 5) is 37.8. The van der Waals surface area contributed by atoms with E-state index in [0.29, 0.717) is 11.4 Å². The number of methoxy groups -OCH3 is 1. The van der Waals surface area contributed by atoms with Crippen LogP contribution in [0.3, 0.4) is 0 Å². The van der Waals surface area contributed by atoms with E-state index in [1.807, 2.05) is 31.2 Å². The molecule has 0 bridgehead atoms. The largest absolute Gasteiger partial charge is 0.495 e. The average Bonchev–Trinajstić information content (AvgIpc) is 2.91. The molecule has 1 aliphatic heterocycles. The van der Waals surface area contributed by atoms with E-state index in [4.69, 9.17) is 4.74 Å². The van der Waals surface area contributed by atoms with Gasteiger partial charge in [0.2, 0.25) is 5.91 Å². The van der Waals surface area contributed by atoms with E-state index in [2.05, 4.69) is 10.6 Å². The minimum atomic E-state index is -0.630. The van der Waals surface area contributed by atoms with Gasteiger partial charge in [0.1, 0.15) is 18.0 Å². The fourth-order valence-electron chi connectivity index (χ4n) is 2.70. The van der Waals surface area contributed by atoms with Gasteiger partial charge in [0.15, 0.2) is 0 Å². The number of ether oxygens (including phenoxy) is 1. The van der Waals surface area contributed by atoms with E-state index >= 15 is 0 Å². The number of para-hydroxylation sites is 2. The van der Waals surface area contributed by atoms with Crippen LogP contribution in [0.1, 0.15) is 11.1 Å². The van der Waals surface area contributed by atoms with Gasteiger partial charge in [-0.15, -0.1) is 0 Å². The predicted octanol–water partition coefficient (Wildman–Crippen LogP) is 2.54. The molecule has 0 aromatic heterocycles. The number of anilines is 1. The number of carbonyl (C=O) groups excluding carboxylic acids is 3. The molecule has 0 spiro atoms. The highest BCUT2D eigenvalue weighted by molar-refractivity contribution is 6.16. The zero-order valence-electron chi connectivity index (χ0n) is 15.0. The molecule has 0 saturated carbocycles. The SMILES string of the molecule is COc1ccccc1NC(=O)CN1C(=O)N/C(=C\c2ccccc2C)C1=O. The lowest BCUT2D eigenvalue weighted by molar-refractivity contribution is -0.127. The number of carbonyl (C=O) groups is 3. The minimum Gasteiger partial charge on any atom is -0.495 e. The van der Waals surface area contributed by atoms with Gasteiger partial charge >= 0.3 is 6.03 Å². The van der Waals surface area contributed by atoms with Gasteiger partial charge in [-0.1, -0.05) is 36.4 Å². The van der Waals surface area contributed by atoms with Gasteiger partial charge in [0.25, 0.3) is 5.91 Å². The summed E-state index contributed by atoms with van der Waals surface area (Å²) in [5.41, 5.74) is 2.40. The number of imide groups is 1. The van der Waals surface area contributed by atoms with E-state index in [1.54, 1.807) is 30.3 Å². The Bertz CT molecular complexity index is 936. The summed E-state index contributed by atoms with van der Waals surface area (Å²) in [5, 5.41) is 5.16. The lowest BCUT2D eigenvalue weighted by atomic mass is 10.1. The number of benzene rings is 2. The van der Waals surface area contributed by atoms with Crippen LogP contribution in [0, 0.1) is 6.92 Å². The second-order valence-corrected chi connectivity index (χ2v) is 5.98. The highest BCUT2D eigenvalue weighted by Gasteiger charge is 2.35. The highest BCUT2D eigenvalue weighted by Crippen LogP contribution is 2.23. The Labute approximate surface area is 156 Å². The number of amides is 4. The Hall–Kier alpha value is -3.61. The number of nitrogens with zero attached hydrogens (tertiary/aromatic N) is 1. The number of nitrogens with one attached hydrogen (secondary N) is 2. The first kappa shape index (κ1) is 18.2. The number of hydrogen-bond donors (Lipinski definition) is 2. The second-order valence-electron chi connectivity index (χ2n) is 5.98. The van der Waals surface area contributed by atoms with Crippen molar-refractivity contribution in [2.75, 3.05) is 19.0 Å². The topological polar surface area (TPSA) is 87.7 Å². The van der Waals surface area contributed by atoms with Crippen molar-refractivity contribution in [1.29, 1.82) is 0 Å². The van der Waals surface area contributed by atoms with Gasteiger partial charge in [-0.3, -0.25) is 9.59 Å². The molecule has 2 aromatic rings. The van der Waals surface area contributed by atoms with E-state index in [9.17, 15) is 14.4 Å². The van der Waals surface area contributed by atoms with Crippen LogP contribution in [0.25, 0.3) is 6.08 Å². The molecule has 1 fully saturated rings. The summed E-state index contributed by atoms with van der Waals surface area (Å²) in [6.45, 7) is 1.51. The van der Waals surface area contributed by atoms with Crippen LogP contribution in [0.5, 0.6) is 5.75 Å². The van der Waals surface area contributed by atoms with E-state index in [-0.39, 0.29) is 5.70 Å². The second kappa shape index (κ2) is 7.74. The third-order valence-corrected chi connectivity index (χ3v) is 4.13. The molecule has 0 radical (unpaired) electrons. The molecule has 0 atom stereocenters. The molecule has 1 heterocycles. The summed E-state index contributed by atoms with van der Waals surface area (Å²) in [7, 11) is 1.49. The molecular formula is C20H19N3O4. The monoisotopic (exact) mass is 365 g/mol. The van der Waals surface area contributed by atoms with Crippen molar-refractivity contribution in [2.45, 2.75) is 6.92 Å². The van der Waals surface area contributed by atoms with Crippen LogP contribution >= 0.6 is 0 Å². The minimum absolute atomic E-state index is 0.138. The molecule has 2 N–H and O–H groups in total. The predicted molar refractivity (Wildman–Crippen MR) is 101 cm³/mol. The van der Waals surface area contributed by atoms with Crippen molar-refractivity contribution in [3.63, 3.8) is 0 Å². The number of hydrogen-bond acceptors (Lipinski definition) is 4. The highest BCUT2D eigenvalue weighted by atomic mass is 16.5. The maximum atomic E-state index is 12.5. The Morgan fingerprint density at radius 3 is 2.59 bits per heavy atom. The third kappa shape index (κ3) is 3.98. The first-order valence-electron chi connectivity index (χ1n) is 8.32.